The van der Waals surface area contributed by atoms with E-state index in [-0.39, 0.29) is 36.6 Å². The average molecular weight is 499 g/mol. The second-order valence-electron chi connectivity index (χ2n) is 8.38. The van der Waals surface area contributed by atoms with Gasteiger partial charge in [-0.15, -0.1) is 0 Å². The van der Waals surface area contributed by atoms with E-state index in [0.717, 1.165) is 16.5 Å². The van der Waals surface area contributed by atoms with Gasteiger partial charge in [-0.25, -0.2) is 13.8 Å². The van der Waals surface area contributed by atoms with Gasteiger partial charge in [-0.2, -0.15) is 0 Å². The molecular weight excluding hydrogens is 478 g/mol. The van der Waals surface area contributed by atoms with Crippen LogP contribution in [-0.4, -0.2) is 45.0 Å². The SMILES string of the molecule is O=C(NCc1cccc(Cl)c1F)[C@@H]1C[C@@H](F)CN1C(=O)Cn1cc(-c2cnco2)c2ccccc21. The zero-order valence-corrected chi connectivity index (χ0v) is 19.2. The number of hydrogen-bond acceptors (Lipinski definition) is 4. The maximum absolute atomic E-state index is 14.3. The van der Waals surface area contributed by atoms with Crippen molar-refractivity contribution in [3.63, 3.8) is 0 Å². The summed E-state index contributed by atoms with van der Waals surface area (Å²) in [7, 11) is 0. The summed E-state index contributed by atoms with van der Waals surface area (Å²) < 4.78 is 35.7. The van der Waals surface area contributed by atoms with E-state index >= 15 is 0 Å². The summed E-state index contributed by atoms with van der Waals surface area (Å²) in [6, 6.07) is 11.0. The lowest BCUT2D eigenvalue weighted by Crippen LogP contribution is -2.46. The van der Waals surface area contributed by atoms with Crippen LogP contribution < -0.4 is 5.32 Å². The van der Waals surface area contributed by atoms with Crippen molar-refractivity contribution in [1.29, 1.82) is 0 Å². The summed E-state index contributed by atoms with van der Waals surface area (Å²) in [4.78, 5) is 31.3. The number of benzene rings is 2. The maximum atomic E-state index is 14.3. The van der Waals surface area contributed by atoms with E-state index in [9.17, 15) is 18.4 Å². The van der Waals surface area contributed by atoms with Crippen molar-refractivity contribution in [3.05, 3.63) is 77.7 Å². The summed E-state index contributed by atoms with van der Waals surface area (Å²) in [5.41, 5.74) is 1.77. The van der Waals surface area contributed by atoms with Crippen molar-refractivity contribution >= 4 is 34.3 Å². The van der Waals surface area contributed by atoms with E-state index in [1.54, 1.807) is 23.0 Å². The highest BCUT2D eigenvalue weighted by molar-refractivity contribution is 6.30. The first kappa shape index (κ1) is 23.0. The second-order valence-corrected chi connectivity index (χ2v) is 8.79. The predicted molar refractivity (Wildman–Crippen MR) is 126 cm³/mol. The van der Waals surface area contributed by atoms with Crippen molar-refractivity contribution in [1.82, 2.24) is 19.8 Å². The molecular formula is C25H21ClF2N4O3. The molecule has 180 valence electrons. The highest BCUT2D eigenvalue weighted by atomic mass is 35.5. The fourth-order valence-electron chi connectivity index (χ4n) is 4.45. The number of halogens is 3. The van der Waals surface area contributed by atoms with Gasteiger partial charge in [0, 0.05) is 41.2 Å². The normalized spacial score (nSPS) is 17.7. The predicted octanol–water partition coefficient (Wildman–Crippen LogP) is 4.34. The number of para-hydroxylation sites is 1. The molecule has 0 bridgehead atoms. The topological polar surface area (TPSA) is 80.4 Å². The van der Waals surface area contributed by atoms with Crippen LogP contribution in [0.1, 0.15) is 12.0 Å². The Balaban J connectivity index is 1.34. The molecule has 0 unspecified atom stereocenters. The molecule has 2 aromatic heterocycles. The number of fused-ring (bicyclic) bond motifs is 1. The Hall–Kier alpha value is -3.72. The Morgan fingerprint density at radius 3 is 2.83 bits per heavy atom. The molecule has 0 radical (unpaired) electrons. The molecule has 1 N–H and O–H groups in total. The standard InChI is InChI=1S/C25H21ClF2N4O3/c26-19-6-3-4-15(24(19)28)9-30-25(34)21-8-16(27)11-32(21)23(33)13-31-12-18(22-10-29-14-35-22)17-5-1-2-7-20(17)31/h1-7,10,12,14,16,21H,8-9,11,13H2,(H,30,34)/t16-,21+/m1/s1. The number of nitrogens with one attached hydrogen (secondary N) is 1. The zero-order chi connectivity index (χ0) is 24.5. The molecule has 2 atom stereocenters. The highest BCUT2D eigenvalue weighted by Crippen LogP contribution is 2.31. The quantitative estimate of drug-likeness (QED) is 0.429. The summed E-state index contributed by atoms with van der Waals surface area (Å²) in [6.45, 7) is -0.395. The van der Waals surface area contributed by atoms with Gasteiger partial charge in [-0.3, -0.25) is 9.59 Å². The van der Waals surface area contributed by atoms with Crippen LogP contribution in [-0.2, 0) is 22.7 Å². The van der Waals surface area contributed by atoms with Gasteiger partial charge >= 0.3 is 0 Å². The van der Waals surface area contributed by atoms with Gasteiger partial charge in [0.1, 0.15) is 24.6 Å². The lowest BCUT2D eigenvalue weighted by atomic mass is 10.1. The summed E-state index contributed by atoms with van der Waals surface area (Å²) in [5.74, 6) is -1.01. The number of amides is 2. The van der Waals surface area contributed by atoms with E-state index in [1.807, 2.05) is 24.3 Å². The summed E-state index contributed by atoms with van der Waals surface area (Å²) >= 11 is 5.79. The fourth-order valence-corrected chi connectivity index (χ4v) is 4.65. The first-order valence-corrected chi connectivity index (χ1v) is 11.4. The van der Waals surface area contributed by atoms with Gasteiger partial charge in [-0.05, 0) is 12.1 Å². The molecule has 35 heavy (non-hydrogen) atoms. The second kappa shape index (κ2) is 9.50. The van der Waals surface area contributed by atoms with Crippen LogP contribution >= 0.6 is 11.6 Å². The van der Waals surface area contributed by atoms with E-state index in [1.165, 1.54) is 23.4 Å². The van der Waals surface area contributed by atoms with Crippen LogP contribution in [0, 0.1) is 5.82 Å². The third-order valence-corrected chi connectivity index (χ3v) is 6.44. The van der Waals surface area contributed by atoms with Gasteiger partial charge in [0.15, 0.2) is 12.2 Å². The van der Waals surface area contributed by atoms with Crippen LogP contribution in [0.3, 0.4) is 0 Å². The smallest absolute Gasteiger partial charge is 0.243 e. The van der Waals surface area contributed by atoms with Crippen LogP contribution in [0.4, 0.5) is 8.78 Å². The number of alkyl halides is 1. The number of carbonyl (C=O) groups excluding carboxylic acids is 2. The lowest BCUT2D eigenvalue weighted by Gasteiger charge is -2.24. The average Bonchev–Trinajstić information content (AvgIpc) is 3.59. The van der Waals surface area contributed by atoms with E-state index in [0.29, 0.717) is 5.76 Å². The number of rotatable bonds is 6. The van der Waals surface area contributed by atoms with Crippen LogP contribution in [0.25, 0.3) is 22.2 Å². The highest BCUT2D eigenvalue weighted by Gasteiger charge is 2.39. The van der Waals surface area contributed by atoms with Gasteiger partial charge in [0.05, 0.1) is 17.8 Å². The number of oxazole rings is 1. The van der Waals surface area contributed by atoms with Crippen LogP contribution in [0.15, 0.2) is 65.7 Å². The lowest BCUT2D eigenvalue weighted by molar-refractivity contribution is -0.139. The van der Waals surface area contributed by atoms with Gasteiger partial charge in [0.2, 0.25) is 11.8 Å². The van der Waals surface area contributed by atoms with E-state index < -0.39 is 29.8 Å². The van der Waals surface area contributed by atoms with Crippen molar-refractivity contribution < 1.29 is 22.8 Å². The molecule has 1 aliphatic rings. The Kier molecular flexibility index (Phi) is 6.25. The molecule has 3 heterocycles. The first-order valence-electron chi connectivity index (χ1n) is 11.0. The molecule has 4 aromatic rings. The van der Waals surface area contributed by atoms with Gasteiger partial charge in [0.25, 0.3) is 0 Å². The Labute approximate surface area is 204 Å². The molecule has 2 aromatic carbocycles. The maximum Gasteiger partial charge on any atom is 0.243 e. The molecule has 0 saturated carbocycles. The van der Waals surface area contributed by atoms with Gasteiger partial charge in [-0.1, -0.05) is 41.9 Å². The first-order chi connectivity index (χ1) is 16.9. The summed E-state index contributed by atoms with van der Waals surface area (Å²) in [6.07, 6.45) is 3.25. The molecule has 0 spiro atoms. The minimum atomic E-state index is -1.33. The van der Waals surface area contributed by atoms with Gasteiger partial charge < -0.3 is 19.2 Å². The van der Waals surface area contributed by atoms with Crippen LogP contribution in [0.5, 0.6) is 0 Å². The number of likely N-dealkylation sites (tertiary alicyclic amines) is 1. The Morgan fingerprint density at radius 2 is 2.03 bits per heavy atom. The van der Waals surface area contributed by atoms with Crippen molar-refractivity contribution in [2.24, 2.45) is 0 Å². The molecule has 5 rings (SSSR count). The van der Waals surface area contributed by atoms with Crippen molar-refractivity contribution in [3.8, 4) is 11.3 Å². The number of aromatic nitrogens is 2. The molecule has 0 aliphatic carbocycles. The minimum absolute atomic E-state index is 0.0538. The summed E-state index contributed by atoms with van der Waals surface area (Å²) in [5, 5.41) is 3.43. The number of carbonyl (C=O) groups is 2. The molecule has 1 aliphatic heterocycles. The zero-order valence-electron chi connectivity index (χ0n) is 18.5. The van der Waals surface area contributed by atoms with Crippen molar-refractivity contribution in [2.45, 2.75) is 31.7 Å². The molecule has 10 heteroatoms. The van der Waals surface area contributed by atoms with E-state index in [2.05, 4.69) is 10.3 Å². The number of nitrogens with zero attached hydrogens (tertiary/aromatic N) is 3. The third-order valence-electron chi connectivity index (χ3n) is 6.15. The largest absolute Gasteiger partial charge is 0.443 e. The number of hydrogen-bond donors (Lipinski definition) is 1. The monoisotopic (exact) mass is 498 g/mol. The molecule has 1 saturated heterocycles. The molecule has 2 amide bonds. The van der Waals surface area contributed by atoms with Crippen molar-refractivity contribution in [2.75, 3.05) is 6.54 Å². The molecule has 7 nitrogen and oxygen atoms in total. The fraction of sp³-hybridized carbons (Fsp3) is 0.240. The third kappa shape index (κ3) is 4.51. The Bertz CT molecular complexity index is 1390. The van der Waals surface area contributed by atoms with Crippen LogP contribution in [0.2, 0.25) is 5.02 Å². The molecule has 1 fully saturated rings. The van der Waals surface area contributed by atoms with E-state index in [4.69, 9.17) is 16.0 Å². The minimum Gasteiger partial charge on any atom is -0.443 e. The Morgan fingerprint density at radius 1 is 1.20 bits per heavy atom.